The van der Waals surface area contributed by atoms with Crippen molar-refractivity contribution in [3.63, 3.8) is 0 Å². The van der Waals surface area contributed by atoms with Crippen LogP contribution < -0.4 is 4.74 Å². The fourth-order valence-corrected chi connectivity index (χ4v) is 3.36. The summed E-state index contributed by atoms with van der Waals surface area (Å²) in [6.45, 7) is 2.63. The molecule has 1 heterocycles. The summed E-state index contributed by atoms with van der Waals surface area (Å²) in [6.07, 6.45) is 0.632. The van der Waals surface area contributed by atoms with Gasteiger partial charge in [0.2, 0.25) is 0 Å². The summed E-state index contributed by atoms with van der Waals surface area (Å²) in [5.41, 5.74) is 1.21. The van der Waals surface area contributed by atoms with Gasteiger partial charge in [-0.15, -0.1) is 10.2 Å². The number of halogens is 1. The maximum absolute atomic E-state index is 14.4. The zero-order valence-electron chi connectivity index (χ0n) is 14.4. The van der Waals surface area contributed by atoms with Crippen molar-refractivity contribution in [2.75, 3.05) is 19.0 Å². The maximum atomic E-state index is 14.4. The second-order valence-electron chi connectivity index (χ2n) is 5.48. The minimum absolute atomic E-state index is 0.104. The van der Waals surface area contributed by atoms with Gasteiger partial charge in [0, 0.05) is 17.9 Å². The molecule has 0 spiro atoms. The lowest BCUT2D eigenvalue weighted by atomic mass is 10.2. The molecule has 2 aromatic carbocycles. The first kappa shape index (κ1) is 18.4. The van der Waals surface area contributed by atoms with E-state index in [1.807, 2.05) is 31.2 Å². The Morgan fingerprint density at radius 1 is 1.12 bits per heavy atom. The van der Waals surface area contributed by atoms with Gasteiger partial charge in [0.05, 0.1) is 12.3 Å². The van der Waals surface area contributed by atoms with E-state index in [2.05, 4.69) is 10.2 Å². The van der Waals surface area contributed by atoms with Gasteiger partial charge in [-0.25, -0.2) is 4.39 Å². The van der Waals surface area contributed by atoms with Crippen LogP contribution in [0.5, 0.6) is 5.75 Å². The molecule has 0 bridgehead atoms. The average Bonchev–Trinajstić information content (AvgIpc) is 3.07. The third-order valence-electron chi connectivity index (χ3n) is 3.68. The van der Waals surface area contributed by atoms with Crippen molar-refractivity contribution in [2.45, 2.75) is 18.5 Å². The Hall–Kier alpha value is -2.38. The summed E-state index contributed by atoms with van der Waals surface area (Å²) in [5, 5.41) is 18.1. The average molecular weight is 373 g/mol. The molecular weight excluding hydrogens is 353 g/mol. The lowest BCUT2D eigenvalue weighted by molar-refractivity contribution is 0.296. The largest absolute Gasteiger partial charge is 0.494 e. The van der Waals surface area contributed by atoms with Crippen LogP contribution in [0.3, 0.4) is 0 Å². The molecule has 26 heavy (non-hydrogen) atoms. The highest BCUT2D eigenvalue weighted by molar-refractivity contribution is 7.99. The predicted molar refractivity (Wildman–Crippen MR) is 100 cm³/mol. The van der Waals surface area contributed by atoms with E-state index in [1.54, 1.807) is 22.8 Å². The van der Waals surface area contributed by atoms with Gasteiger partial charge in [0.25, 0.3) is 0 Å². The minimum atomic E-state index is -0.344. The van der Waals surface area contributed by atoms with Gasteiger partial charge in [-0.05, 0) is 49.7 Å². The number of aliphatic hydroxyl groups is 1. The highest BCUT2D eigenvalue weighted by Gasteiger charge is 2.18. The van der Waals surface area contributed by atoms with Crippen molar-refractivity contribution in [1.29, 1.82) is 0 Å². The lowest BCUT2D eigenvalue weighted by Gasteiger charge is -2.11. The molecular formula is C19H20FN3O2S. The first-order valence-corrected chi connectivity index (χ1v) is 9.40. The Morgan fingerprint density at radius 3 is 2.58 bits per heavy atom. The normalized spacial score (nSPS) is 10.9. The van der Waals surface area contributed by atoms with Crippen molar-refractivity contribution >= 4 is 11.8 Å². The first-order valence-electron chi connectivity index (χ1n) is 8.41. The molecule has 0 saturated carbocycles. The summed E-state index contributed by atoms with van der Waals surface area (Å²) in [7, 11) is 0. The number of para-hydroxylation sites is 1. The number of aromatic nitrogens is 3. The Morgan fingerprint density at radius 2 is 1.88 bits per heavy atom. The Labute approximate surface area is 155 Å². The molecule has 0 aliphatic rings. The molecule has 1 N–H and O–H groups in total. The monoisotopic (exact) mass is 373 g/mol. The standard InChI is InChI=1S/C19H20FN3O2S/c1-2-25-15-10-8-14(9-11-15)18-21-22-19(26-13-5-12-24)23(18)17-7-4-3-6-16(17)20/h3-4,6-11,24H,2,5,12-13H2,1H3. The number of benzene rings is 2. The summed E-state index contributed by atoms with van der Waals surface area (Å²) in [4.78, 5) is 0. The highest BCUT2D eigenvalue weighted by Crippen LogP contribution is 2.30. The molecule has 0 atom stereocenters. The van der Waals surface area contributed by atoms with E-state index < -0.39 is 0 Å². The van der Waals surface area contributed by atoms with Gasteiger partial charge in [0.1, 0.15) is 11.6 Å². The number of aliphatic hydroxyl groups excluding tert-OH is 1. The molecule has 0 saturated heterocycles. The van der Waals surface area contributed by atoms with Crippen molar-refractivity contribution in [1.82, 2.24) is 14.8 Å². The molecule has 1 aromatic heterocycles. The molecule has 5 nitrogen and oxygen atoms in total. The molecule has 0 radical (unpaired) electrons. The molecule has 3 rings (SSSR count). The van der Waals surface area contributed by atoms with Crippen LogP contribution >= 0.6 is 11.8 Å². The summed E-state index contributed by atoms with van der Waals surface area (Å²) >= 11 is 1.44. The molecule has 0 aliphatic carbocycles. The molecule has 0 fully saturated rings. The van der Waals surface area contributed by atoms with E-state index in [-0.39, 0.29) is 12.4 Å². The van der Waals surface area contributed by atoms with E-state index >= 15 is 0 Å². The molecule has 7 heteroatoms. The van der Waals surface area contributed by atoms with Gasteiger partial charge in [-0.1, -0.05) is 23.9 Å². The van der Waals surface area contributed by atoms with Gasteiger partial charge in [0.15, 0.2) is 11.0 Å². The minimum Gasteiger partial charge on any atom is -0.494 e. The lowest BCUT2D eigenvalue weighted by Crippen LogP contribution is -2.03. The van der Waals surface area contributed by atoms with E-state index in [0.717, 1.165) is 11.3 Å². The Bertz CT molecular complexity index is 852. The van der Waals surface area contributed by atoms with Gasteiger partial charge in [-0.2, -0.15) is 0 Å². The fraction of sp³-hybridized carbons (Fsp3) is 0.263. The van der Waals surface area contributed by atoms with Crippen LogP contribution in [0.25, 0.3) is 17.1 Å². The van der Waals surface area contributed by atoms with Crippen LogP contribution in [-0.4, -0.2) is 38.8 Å². The van der Waals surface area contributed by atoms with Crippen LogP contribution in [0.15, 0.2) is 53.7 Å². The van der Waals surface area contributed by atoms with E-state index in [4.69, 9.17) is 9.84 Å². The number of hydrogen-bond acceptors (Lipinski definition) is 5. The third kappa shape index (κ3) is 4.05. The number of nitrogens with zero attached hydrogens (tertiary/aromatic N) is 3. The first-order chi connectivity index (χ1) is 12.7. The van der Waals surface area contributed by atoms with Crippen molar-refractivity contribution in [3.8, 4) is 22.8 Å². The summed E-state index contributed by atoms with van der Waals surface area (Å²) in [6, 6.07) is 14.0. The highest BCUT2D eigenvalue weighted by atomic mass is 32.2. The van der Waals surface area contributed by atoms with E-state index in [1.165, 1.54) is 17.8 Å². The number of rotatable bonds is 8. The second kappa shape index (κ2) is 8.82. The van der Waals surface area contributed by atoms with Crippen LogP contribution in [0, 0.1) is 5.82 Å². The zero-order valence-corrected chi connectivity index (χ0v) is 15.2. The molecule has 0 amide bonds. The van der Waals surface area contributed by atoms with Crippen molar-refractivity contribution in [2.24, 2.45) is 0 Å². The van der Waals surface area contributed by atoms with Crippen molar-refractivity contribution < 1.29 is 14.2 Å². The molecule has 136 valence electrons. The fourth-order valence-electron chi connectivity index (χ4n) is 2.50. The predicted octanol–water partition coefficient (Wildman–Crippen LogP) is 3.95. The number of ether oxygens (including phenoxy) is 1. The smallest absolute Gasteiger partial charge is 0.196 e. The molecule has 0 unspecified atom stereocenters. The topological polar surface area (TPSA) is 60.2 Å². The Kier molecular flexibility index (Phi) is 6.25. The second-order valence-corrected chi connectivity index (χ2v) is 6.54. The van der Waals surface area contributed by atoms with E-state index in [0.29, 0.717) is 35.4 Å². The molecule has 3 aromatic rings. The quantitative estimate of drug-likeness (QED) is 0.479. The van der Waals surface area contributed by atoms with E-state index in [9.17, 15) is 4.39 Å². The Balaban J connectivity index is 2.03. The summed E-state index contributed by atoms with van der Waals surface area (Å²) in [5.74, 6) is 1.66. The van der Waals surface area contributed by atoms with Crippen LogP contribution in [0.4, 0.5) is 4.39 Å². The van der Waals surface area contributed by atoms with Crippen LogP contribution in [0.2, 0.25) is 0 Å². The van der Waals surface area contributed by atoms with Gasteiger partial charge in [-0.3, -0.25) is 4.57 Å². The maximum Gasteiger partial charge on any atom is 0.196 e. The van der Waals surface area contributed by atoms with Gasteiger partial charge >= 0.3 is 0 Å². The van der Waals surface area contributed by atoms with Crippen LogP contribution in [0.1, 0.15) is 13.3 Å². The number of hydrogen-bond donors (Lipinski definition) is 1. The van der Waals surface area contributed by atoms with Gasteiger partial charge < -0.3 is 9.84 Å². The summed E-state index contributed by atoms with van der Waals surface area (Å²) < 4.78 is 21.6. The van der Waals surface area contributed by atoms with Crippen LogP contribution in [-0.2, 0) is 0 Å². The number of thioether (sulfide) groups is 1. The SMILES string of the molecule is CCOc1ccc(-c2nnc(SCCCO)n2-c2ccccc2F)cc1. The molecule has 0 aliphatic heterocycles. The third-order valence-corrected chi connectivity index (χ3v) is 4.70. The van der Waals surface area contributed by atoms with Crippen molar-refractivity contribution in [3.05, 3.63) is 54.3 Å². The zero-order chi connectivity index (χ0) is 18.4.